The Kier molecular flexibility index (Phi) is 9.16. The molecular formula is C43H38P2. The average molecular weight is 617 g/mol. The summed E-state index contributed by atoms with van der Waals surface area (Å²) < 4.78 is 0. The first-order valence-electron chi connectivity index (χ1n) is 16.0. The summed E-state index contributed by atoms with van der Waals surface area (Å²) in [6.07, 6.45) is 8.13. The Morgan fingerprint density at radius 1 is 0.489 bits per heavy atom. The third kappa shape index (κ3) is 6.11. The summed E-state index contributed by atoms with van der Waals surface area (Å²) in [4.78, 5) is 0. The van der Waals surface area contributed by atoms with Crippen LogP contribution in [0.2, 0.25) is 0 Å². The quantitative estimate of drug-likeness (QED) is 0.119. The molecule has 0 heterocycles. The highest BCUT2D eigenvalue weighted by atomic mass is 31.1. The van der Waals surface area contributed by atoms with Gasteiger partial charge in [-0.05, 0) is 89.2 Å². The fraction of sp³-hybridized carbons (Fsp3) is 0.116. The predicted molar refractivity (Wildman–Crippen MR) is 199 cm³/mol. The lowest BCUT2D eigenvalue weighted by Gasteiger charge is -2.31. The molecule has 0 nitrogen and oxygen atoms in total. The van der Waals surface area contributed by atoms with Crippen LogP contribution in [0, 0.1) is 0 Å². The van der Waals surface area contributed by atoms with E-state index in [1.165, 1.54) is 54.1 Å². The zero-order valence-electron chi connectivity index (χ0n) is 25.8. The van der Waals surface area contributed by atoms with Gasteiger partial charge in [-0.15, -0.1) is 0 Å². The number of benzene rings is 6. The maximum atomic E-state index is 2.54. The second-order valence-electron chi connectivity index (χ2n) is 11.5. The normalized spacial score (nSPS) is 14.3. The van der Waals surface area contributed by atoms with Crippen molar-refractivity contribution in [2.75, 3.05) is 0 Å². The fourth-order valence-electron chi connectivity index (χ4n) is 6.80. The van der Waals surface area contributed by atoms with Gasteiger partial charge < -0.3 is 0 Å². The van der Waals surface area contributed by atoms with E-state index in [9.17, 15) is 0 Å². The minimum absolute atomic E-state index is 0.180. The Morgan fingerprint density at radius 3 is 1.40 bits per heavy atom. The van der Waals surface area contributed by atoms with E-state index < -0.39 is 15.8 Å². The van der Waals surface area contributed by atoms with Crippen molar-refractivity contribution in [2.24, 2.45) is 0 Å². The molecule has 220 valence electrons. The highest BCUT2D eigenvalue weighted by Gasteiger charge is 2.31. The van der Waals surface area contributed by atoms with Crippen molar-refractivity contribution >= 4 is 47.7 Å². The van der Waals surface area contributed by atoms with Crippen LogP contribution >= 0.6 is 15.8 Å². The summed E-state index contributed by atoms with van der Waals surface area (Å²) in [5.41, 5.74) is 5.96. The van der Waals surface area contributed by atoms with Crippen molar-refractivity contribution in [1.82, 2.24) is 0 Å². The van der Waals surface area contributed by atoms with Crippen molar-refractivity contribution in [3.8, 4) is 0 Å². The Bertz CT molecular complexity index is 1800. The number of hydrogen-bond donors (Lipinski definition) is 0. The van der Waals surface area contributed by atoms with E-state index in [1.807, 2.05) is 0 Å². The smallest absolute Gasteiger partial charge is 0.0288 e. The van der Waals surface area contributed by atoms with E-state index in [1.54, 1.807) is 0 Å². The van der Waals surface area contributed by atoms with Gasteiger partial charge in [0.2, 0.25) is 0 Å². The van der Waals surface area contributed by atoms with Crippen LogP contribution in [-0.2, 0) is 12.8 Å². The second kappa shape index (κ2) is 13.9. The lowest BCUT2D eigenvalue weighted by molar-refractivity contribution is 0.965. The van der Waals surface area contributed by atoms with Crippen LogP contribution in [0.3, 0.4) is 0 Å². The van der Waals surface area contributed by atoms with E-state index in [4.69, 9.17) is 0 Å². The first-order chi connectivity index (χ1) is 22.3. The largest absolute Gasteiger partial charge is 0.0873 e. The first-order valence-corrected chi connectivity index (χ1v) is 18.7. The number of rotatable bonds is 8. The molecule has 0 amide bonds. The molecule has 1 aliphatic rings. The minimum Gasteiger partial charge on any atom is -0.0873 e. The molecule has 1 aliphatic carbocycles. The monoisotopic (exact) mass is 616 g/mol. The topological polar surface area (TPSA) is 0 Å². The molecule has 45 heavy (non-hydrogen) atoms. The van der Waals surface area contributed by atoms with Crippen LogP contribution in [0.15, 0.2) is 170 Å². The van der Waals surface area contributed by atoms with Gasteiger partial charge >= 0.3 is 0 Å². The van der Waals surface area contributed by atoms with Gasteiger partial charge in [0.1, 0.15) is 0 Å². The van der Waals surface area contributed by atoms with Crippen LogP contribution in [0.1, 0.15) is 41.5 Å². The van der Waals surface area contributed by atoms with Gasteiger partial charge in [0.05, 0.1) is 0 Å². The molecule has 0 saturated heterocycles. The highest BCUT2D eigenvalue weighted by Crippen LogP contribution is 2.44. The number of hydrogen-bond acceptors (Lipinski definition) is 0. The first kappa shape index (κ1) is 29.6. The van der Waals surface area contributed by atoms with E-state index in [0.29, 0.717) is 0 Å². The third-order valence-corrected chi connectivity index (χ3v) is 13.8. The van der Waals surface area contributed by atoms with Gasteiger partial charge in [-0.3, -0.25) is 0 Å². The summed E-state index contributed by atoms with van der Waals surface area (Å²) in [6, 6.07) is 59.0. The van der Waals surface area contributed by atoms with E-state index in [2.05, 4.69) is 177 Å². The summed E-state index contributed by atoms with van der Waals surface area (Å²) >= 11 is 0. The molecule has 0 fully saturated rings. The van der Waals surface area contributed by atoms with Crippen molar-refractivity contribution < 1.29 is 0 Å². The van der Waals surface area contributed by atoms with Crippen molar-refractivity contribution in [3.05, 3.63) is 192 Å². The Hall–Kier alpha value is -4.08. The summed E-state index contributed by atoms with van der Waals surface area (Å²) in [5.74, 6) is 0.180. The predicted octanol–water partition coefficient (Wildman–Crippen LogP) is 8.40. The molecule has 0 bridgehead atoms. The standard InChI is InChI=1S/C43H38P2/c1-2-33-20-17-31-40(44(35-22-7-3-8-23-35)36-24-9-4-10-25-36)42(33)39-30-16-15-19-34-21-18-32-41(43(34)39)45(37-26-11-5-12-27-37)38-28-13-6-14-29-38/h3-14,16-18,20-32,39H,2,15,19H2,1H3/t39-/m1/s1. The van der Waals surface area contributed by atoms with Crippen molar-refractivity contribution in [3.63, 3.8) is 0 Å². The van der Waals surface area contributed by atoms with Gasteiger partial charge in [0.15, 0.2) is 0 Å². The molecule has 0 aromatic heterocycles. The molecule has 0 aliphatic heterocycles. The molecule has 0 radical (unpaired) electrons. The Balaban J connectivity index is 1.50. The number of aryl methyl sites for hydroxylation is 2. The maximum absolute atomic E-state index is 2.54. The molecular weight excluding hydrogens is 578 g/mol. The number of allylic oxidation sites excluding steroid dienone is 2. The lowest BCUT2D eigenvalue weighted by atomic mass is 9.85. The molecule has 1 atom stereocenters. The molecule has 6 aromatic carbocycles. The van der Waals surface area contributed by atoms with Gasteiger partial charge in [-0.25, -0.2) is 0 Å². The molecule has 2 heteroatoms. The van der Waals surface area contributed by atoms with Crippen LogP contribution in [0.5, 0.6) is 0 Å². The lowest BCUT2D eigenvalue weighted by Crippen LogP contribution is -2.29. The van der Waals surface area contributed by atoms with Crippen LogP contribution in [-0.4, -0.2) is 0 Å². The van der Waals surface area contributed by atoms with Gasteiger partial charge in [0, 0.05) is 5.92 Å². The van der Waals surface area contributed by atoms with E-state index in [-0.39, 0.29) is 5.92 Å². The molecule has 7 rings (SSSR count). The van der Waals surface area contributed by atoms with Gasteiger partial charge in [0.25, 0.3) is 0 Å². The molecule has 0 saturated carbocycles. The molecule has 0 N–H and O–H groups in total. The maximum Gasteiger partial charge on any atom is 0.0288 e. The highest BCUT2D eigenvalue weighted by molar-refractivity contribution is 7.80. The summed E-state index contributed by atoms with van der Waals surface area (Å²) in [7, 11) is -1.50. The van der Waals surface area contributed by atoms with Crippen LogP contribution in [0.4, 0.5) is 0 Å². The average Bonchev–Trinajstić information content (AvgIpc) is 3.33. The third-order valence-electron chi connectivity index (χ3n) is 8.80. The van der Waals surface area contributed by atoms with Crippen LogP contribution in [0.25, 0.3) is 0 Å². The van der Waals surface area contributed by atoms with E-state index in [0.717, 1.165) is 19.3 Å². The van der Waals surface area contributed by atoms with Crippen molar-refractivity contribution in [2.45, 2.75) is 32.1 Å². The number of fused-ring (bicyclic) bond motifs is 1. The Morgan fingerprint density at radius 2 is 0.933 bits per heavy atom. The summed E-state index contributed by atoms with van der Waals surface area (Å²) in [6.45, 7) is 2.32. The molecule has 6 aromatic rings. The molecule has 0 spiro atoms. The zero-order valence-corrected chi connectivity index (χ0v) is 27.5. The summed E-state index contributed by atoms with van der Waals surface area (Å²) in [5, 5.41) is 8.56. The van der Waals surface area contributed by atoms with Gasteiger partial charge in [-0.2, -0.15) is 0 Å². The fourth-order valence-corrected chi connectivity index (χ4v) is 11.9. The van der Waals surface area contributed by atoms with E-state index >= 15 is 0 Å². The second-order valence-corrected chi connectivity index (χ2v) is 15.9. The van der Waals surface area contributed by atoms with Gasteiger partial charge in [-0.1, -0.05) is 177 Å². The Labute approximate surface area is 271 Å². The van der Waals surface area contributed by atoms with Crippen molar-refractivity contribution in [1.29, 1.82) is 0 Å². The zero-order chi connectivity index (χ0) is 30.4. The molecule has 0 unspecified atom stereocenters. The minimum atomic E-state index is -0.753. The van der Waals surface area contributed by atoms with Crippen LogP contribution < -0.4 is 31.8 Å². The SMILES string of the molecule is CCc1cccc(P(c2ccccc2)c2ccccc2)c1[C@H]1C=CCCc2cccc(P(c3ccccc3)c3ccccc3)c21.